The highest BCUT2D eigenvalue weighted by Gasteiger charge is 2.37. The molecule has 0 amide bonds. The van der Waals surface area contributed by atoms with Gasteiger partial charge in [-0.05, 0) is 134 Å². The molecule has 0 aliphatic heterocycles. The number of hydrogen-bond donors (Lipinski definition) is 0. The lowest BCUT2D eigenvalue weighted by Crippen LogP contribution is -2.16. The van der Waals surface area contributed by atoms with Gasteiger partial charge in [0, 0.05) is 59.1 Å². The Labute approximate surface area is 388 Å². The molecular weight excluding hydrogens is 817 g/mol. The maximum atomic E-state index is 2.48. The van der Waals surface area contributed by atoms with Crippen LogP contribution in [0.3, 0.4) is 0 Å². The molecule has 66 heavy (non-hydrogen) atoms. The van der Waals surface area contributed by atoms with Crippen LogP contribution in [-0.4, -0.2) is 4.57 Å². The quantitative estimate of drug-likeness (QED) is 0.155. The van der Waals surface area contributed by atoms with Crippen molar-refractivity contribution in [1.29, 1.82) is 0 Å². The number of rotatable bonds is 7. The molecule has 0 bridgehead atoms. The van der Waals surface area contributed by atoms with E-state index in [9.17, 15) is 0 Å². The first-order valence-corrected chi connectivity index (χ1v) is 23.6. The van der Waals surface area contributed by atoms with E-state index in [1.165, 1.54) is 103 Å². The lowest BCUT2D eigenvalue weighted by molar-refractivity contribution is 0.660. The van der Waals surface area contributed by atoms with Crippen molar-refractivity contribution in [3.05, 3.63) is 242 Å². The fourth-order valence-electron chi connectivity index (χ4n) is 10.8. The molecule has 0 spiro atoms. The van der Waals surface area contributed by atoms with Crippen molar-refractivity contribution >= 4 is 70.4 Å². The second kappa shape index (κ2) is 15.1. The van der Waals surface area contributed by atoms with E-state index < -0.39 is 0 Å². The lowest BCUT2D eigenvalue weighted by Gasteiger charge is -2.29. The van der Waals surface area contributed by atoms with E-state index >= 15 is 0 Å². The summed E-state index contributed by atoms with van der Waals surface area (Å²) in [4.78, 5) is 2.48. The summed E-state index contributed by atoms with van der Waals surface area (Å²) in [6.07, 6.45) is 0. The normalized spacial score (nSPS) is 12.8. The number of nitrogens with zero attached hydrogens (tertiary/aromatic N) is 2. The highest BCUT2D eigenvalue weighted by molar-refractivity contribution is 7.25. The molecule has 0 saturated heterocycles. The van der Waals surface area contributed by atoms with Gasteiger partial charge in [0.2, 0.25) is 0 Å². The number of hydrogen-bond acceptors (Lipinski definition) is 2. The van der Waals surface area contributed by atoms with Crippen LogP contribution in [0.1, 0.15) is 25.0 Å². The number of aromatic nitrogens is 1. The maximum Gasteiger partial charge on any atom is 0.0547 e. The van der Waals surface area contributed by atoms with Gasteiger partial charge in [0.05, 0.1) is 11.0 Å². The fourth-order valence-corrected chi connectivity index (χ4v) is 11.9. The largest absolute Gasteiger partial charge is 0.310 e. The van der Waals surface area contributed by atoms with E-state index in [0.717, 1.165) is 17.1 Å². The van der Waals surface area contributed by atoms with Crippen LogP contribution in [0.4, 0.5) is 17.1 Å². The summed E-state index contributed by atoms with van der Waals surface area (Å²) < 4.78 is 5.00. The summed E-state index contributed by atoms with van der Waals surface area (Å²) in [6.45, 7) is 4.81. The SMILES string of the molecule is CC1(C)c2cc(-c3cccc4c3c3ccccc3n4-c3ccccc3)ccc2-c2ccc(N(c3cc(-c4ccccc4)cc(-c4ccccc4)c3)c3ccc4c(c3)sc3ccccc34)cc21. The molecular formula is C63H44N2S. The van der Waals surface area contributed by atoms with Gasteiger partial charge in [-0.1, -0.05) is 166 Å². The number of benzene rings is 10. The number of para-hydroxylation sites is 2. The zero-order valence-electron chi connectivity index (χ0n) is 36.7. The lowest BCUT2D eigenvalue weighted by atomic mass is 9.81. The Morgan fingerprint density at radius 2 is 0.939 bits per heavy atom. The number of fused-ring (bicyclic) bond motifs is 9. The van der Waals surface area contributed by atoms with Crippen LogP contribution < -0.4 is 4.90 Å². The minimum absolute atomic E-state index is 0.259. The van der Waals surface area contributed by atoms with Crippen LogP contribution in [0.25, 0.3) is 92.2 Å². The Hall–Kier alpha value is -7.98. The van der Waals surface area contributed by atoms with Crippen molar-refractivity contribution in [3.63, 3.8) is 0 Å². The van der Waals surface area contributed by atoms with E-state index in [2.05, 4.69) is 254 Å². The third kappa shape index (κ3) is 6.08. The Balaban J connectivity index is 0.977. The molecule has 1 aliphatic rings. The third-order valence-electron chi connectivity index (χ3n) is 14.0. The van der Waals surface area contributed by atoms with Crippen molar-refractivity contribution in [2.24, 2.45) is 0 Å². The van der Waals surface area contributed by atoms with Crippen molar-refractivity contribution < 1.29 is 0 Å². The van der Waals surface area contributed by atoms with Gasteiger partial charge in [0.15, 0.2) is 0 Å². The zero-order chi connectivity index (χ0) is 43.9. The van der Waals surface area contributed by atoms with Crippen molar-refractivity contribution in [1.82, 2.24) is 4.57 Å². The highest BCUT2D eigenvalue weighted by Crippen LogP contribution is 2.53. The molecule has 0 N–H and O–H groups in total. The van der Waals surface area contributed by atoms with Gasteiger partial charge in [0.1, 0.15) is 0 Å². The second-order valence-corrected chi connectivity index (χ2v) is 19.2. The first-order chi connectivity index (χ1) is 32.5. The molecule has 13 rings (SSSR count). The summed E-state index contributed by atoms with van der Waals surface area (Å²) in [7, 11) is 0. The van der Waals surface area contributed by atoms with Crippen molar-refractivity contribution in [3.8, 4) is 50.2 Å². The van der Waals surface area contributed by atoms with E-state index in [4.69, 9.17) is 0 Å². The molecule has 2 aromatic heterocycles. The zero-order valence-corrected chi connectivity index (χ0v) is 37.6. The van der Waals surface area contributed by atoms with Gasteiger partial charge >= 0.3 is 0 Å². The molecule has 0 fully saturated rings. The molecule has 312 valence electrons. The van der Waals surface area contributed by atoms with Crippen LogP contribution in [0.5, 0.6) is 0 Å². The van der Waals surface area contributed by atoms with E-state index in [-0.39, 0.29) is 5.41 Å². The predicted molar refractivity (Wildman–Crippen MR) is 282 cm³/mol. The number of thiophene rings is 1. The van der Waals surface area contributed by atoms with Crippen molar-refractivity contribution in [2.75, 3.05) is 4.90 Å². The van der Waals surface area contributed by atoms with Crippen LogP contribution in [-0.2, 0) is 5.41 Å². The van der Waals surface area contributed by atoms with Crippen LogP contribution in [0, 0.1) is 0 Å². The molecule has 3 heteroatoms. The standard InChI is InChI=1S/C63H44N2S/c1-63(2)56-38-43(50-25-16-27-59-62(50)55-24-12-14-26-58(55)65(59)46-21-10-5-11-22-46)29-32-51(56)52-33-30-47(39-57(52)63)64(48-31-34-54-53-23-13-15-28-60(53)66-61(54)40-48)49-36-44(41-17-6-3-7-18-41)35-45(37-49)42-19-8-4-9-20-42/h3-40H,1-2H3. The molecule has 0 unspecified atom stereocenters. The number of anilines is 3. The molecule has 0 atom stereocenters. The van der Waals surface area contributed by atoms with Crippen LogP contribution >= 0.6 is 11.3 Å². The van der Waals surface area contributed by atoms with Gasteiger partial charge in [-0.3, -0.25) is 0 Å². The van der Waals surface area contributed by atoms with Gasteiger partial charge < -0.3 is 9.47 Å². The smallest absolute Gasteiger partial charge is 0.0547 e. The minimum Gasteiger partial charge on any atom is -0.310 e. The van der Waals surface area contributed by atoms with Gasteiger partial charge in [0.25, 0.3) is 0 Å². The second-order valence-electron chi connectivity index (χ2n) is 18.1. The Kier molecular flexibility index (Phi) is 8.78. The maximum absolute atomic E-state index is 2.48. The molecule has 2 heterocycles. The summed E-state index contributed by atoms with van der Waals surface area (Å²) in [5.74, 6) is 0. The fraction of sp³-hybridized carbons (Fsp3) is 0.0476. The molecule has 10 aromatic carbocycles. The average molecular weight is 861 g/mol. The minimum atomic E-state index is -0.259. The van der Waals surface area contributed by atoms with E-state index in [1.807, 2.05) is 11.3 Å². The van der Waals surface area contributed by atoms with Crippen molar-refractivity contribution in [2.45, 2.75) is 19.3 Å². The van der Waals surface area contributed by atoms with Crippen LogP contribution in [0.15, 0.2) is 231 Å². The summed E-state index contributed by atoms with van der Waals surface area (Å²) >= 11 is 1.87. The monoisotopic (exact) mass is 860 g/mol. The third-order valence-corrected chi connectivity index (χ3v) is 15.1. The summed E-state index contributed by atoms with van der Waals surface area (Å²) in [5, 5.41) is 5.15. The van der Waals surface area contributed by atoms with Gasteiger partial charge in [-0.25, -0.2) is 0 Å². The summed E-state index contributed by atoms with van der Waals surface area (Å²) in [5.41, 5.74) is 19.3. The Morgan fingerprint density at radius 3 is 1.68 bits per heavy atom. The molecule has 0 radical (unpaired) electrons. The molecule has 0 saturated carbocycles. The Morgan fingerprint density at radius 1 is 0.364 bits per heavy atom. The van der Waals surface area contributed by atoms with E-state index in [0.29, 0.717) is 0 Å². The van der Waals surface area contributed by atoms with Gasteiger partial charge in [-0.2, -0.15) is 0 Å². The molecule has 12 aromatic rings. The van der Waals surface area contributed by atoms with E-state index in [1.54, 1.807) is 0 Å². The molecule has 1 aliphatic carbocycles. The average Bonchev–Trinajstić information content (AvgIpc) is 3.99. The predicted octanol–water partition coefficient (Wildman–Crippen LogP) is 17.9. The summed E-state index contributed by atoms with van der Waals surface area (Å²) in [6, 6.07) is 85.2. The van der Waals surface area contributed by atoms with Crippen LogP contribution in [0.2, 0.25) is 0 Å². The highest BCUT2D eigenvalue weighted by atomic mass is 32.1. The van der Waals surface area contributed by atoms with Gasteiger partial charge in [-0.15, -0.1) is 11.3 Å². The first-order valence-electron chi connectivity index (χ1n) is 22.8. The first kappa shape index (κ1) is 38.5. The molecule has 2 nitrogen and oxygen atoms in total. The Bertz CT molecular complexity index is 3780. The topological polar surface area (TPSA) is 8.17 Å².